The van der Waals surface area contributed by atoms with Crippen molar-refractivity contribution in [3.63, 3.8) is 0 Å². The first-order chi connectivity index (χ1) is 15.0. The van der Waals surface area contributed by atoms with Gasteiger partial charge in [-0.3, -0.25) is 4.79 Å². The molecule has 166 valence electrons. The average molecular weight is 424 g/mol. The van der Waals surface area contributed by atoms with Crippen LogP contribution in [0.5, 0.6) is 5.75 Å². The zero-order valence-corrected chi connectivity index (χ0v) is 18.4. The van der Waals surface area contributed by atoms with Gasteiger partial charge < -0.3 is 15.4 Å². The molecule has 31 heavy (non-hydrogen) atoms. The lowest BCUT2D eigenvalue weighted by molar-refractivity contribution is -0.0129. The van der Waals surface area contributed by atoms with Crippen molar-refractivity contribution in [3.05, 3.63) is 29.8 Å². The van der Waals surface area contributed by atoms with Crippen molar-refractivity contribution in [2.45, 2.75) is 75.9 Å². The highest BCUT2D eigenvalue weighted by Crippen LogP contribution is 2.55. The minimum Gasteiger partial charge on any atom is -0.490 e. The van der Waals surface area contributed by atoms with E-state index in [-0.39, 0.29) is 23.6 Å². The Bertz CT molecular complexity index is 831. The van der Waals surface area contributed by atoms with E-state index in [0.717, 1.165) is 74.2 Å². The number of aliphatic imine (C=N–C) groups is 1. The molecule has 6 nitrogen and oxygen atoms in total. The molecule has 0 aromatic heterocycles. The van der Waals surface area contributed by atoms with Gasteiger partial charge in [0.1, 0.15) is 5.75 Å². The van der Waals surface area contributed by atoms with E-state index in [0.29, 0.717) is 5.56 Å². The van der Waals surface area contributed by atoms with Gasteiger partial charge in [0.15, 0.2) is 0 Å². The van der Waals surface area contributed by atoms with Crippen molar-refractivity contribution in [1.29, 1.82) is 0 Å². The van der Waals surface area contributed by atoms with Crippen LogP contribution >= 0.6 is 0 Å². The highest BCUT2D eigenvalue weighted by molar-refractivity contribution is 5.96. The summed E-state index contributed by atoms with van der Waals surface area (Å²) in [7, 11) is 1.62. The second-order valence-corrected chi connectivity index (χ2v) is 10.2. The Kier molecular flexibility index (Phi) is 5.49. The van der Waals surface area contributed by atoms with Crippen molar-refractivity contribution < 1.29 is 14.3 Å². The average Bonchev–Trinajstić information content (AvgIpc) is 2.73. The zero-order valence-electron chi connectivity index (χ0n) is 18.4. The number of rotatable bonds is 4. The topological polar surface area (TPSA) is 79.8 Å². The lowest BCUT2D eigenvalue weighted by Crippen LogP contribution is -2.59. The van der Waals surface area contributed by atoms with Crippen LogP contribution in [0.2, 0.25) is 0 Å². The van der Waals surface area contributed by atoms with Crippen LogP contribution in [0.3, 0.4) is 0 Å². The van der Waals surface area contributed by atoms with Gasteiger partial charge in [-0.1, -0.05) is 0 Å². The fourth-order valence-electron chi connectivity index (χ4n) is 6.84. The van der Waals surface area contributed by atoms with Crippen LogP contribution in [0.25, 0.3) is 0 Å². The van der Waals surface area contributed by atoms with Crippen LogP contribution in [0.4, 0.5) is 4.79 Å². The first-order valence-corrected chi connectivity index (χ1v) is 11.9. The van der Waals surface area contributed by atoms with Gasteiger partial charge >= 0.3 is 6.03 Å². The molecular formula is C25H33N3O3. The van der Waals surface area contributed by atoms with Gasteiger partial charge in [-0.2, -0.15) is 0 Å². The highest BCUT2D eigenvalue weighted by atomic mass is 16.5. The molecule has 3 amide bonds. The maximum atomic E-state index is 12.7. The molecule has 0 saturated heterocycles. The Morgan fingerprint density at radius 2 is 1.55 bits per heavy atom. The van der Waals surface area contributed by atoms with Gasteiger partial charge in [0.2, 0.25) is 0 Å². The second kappa shape index (κ2) is 8.29. The fourth-order valence-corrected chi connectivity index (χ4v) is 6.84. The number of nitrogens with zero attached hydrogens (tertiary/aromatic N) is 1. The third-order valence-corrected chi connectivity index (χ3v) is 7.83. The normalized spacial score (nSPS) is 33.6. The number of hydrogen-bond acceptors (Lipinski definition) is 3. The Morgan fingerprint density at radius 1 is 0.968 bits per heavy atom. The van der Waals surface area contributed by atoms with Gasteiger partial charge in [-0.15, -0.1) is 0 Å². The van der Waals surface area contributed by atoms with E-state index in [1.807, 2.05) is 12.1 Å². The highest BCUT2D eigenvalue weighted by Gasteiger charge is 2.51. The Morgan fingerprint density at radius 3 is 2.10 bits per heavy atom. The van der Waals surface area contributed by atoms with E-state index in [2.05, 4.69) is 15.6 Å². The SMILES string of the molecule is CNC(=O)c1ccc(OC2CCC(=NC(=O)NC34CC5CC(CC(C5)C3)C4)CC2)cc1. The zero-order chi connectivity index (χ0) is 21.4. The van der Waals surface area contributed by atoms with E-state index in [1.54, 1.807) is 19.2 Å². The fraction of sp³-hybridized carbons (Fsp3) is 0.640. The predicted molar refractivity (Wildman–Crippen MR) is 120 cm³/mol. The third kappa shape index (κ3) is 4.48. The van der Waals surface area contributed by atoms with Gasteiger partial charge in [-0.05, 0) is 106 Å². The molecule has 6 heteroatoms. The molecule has 5 fully saturated rings. The van der Waals surface area contributed by atoms with Crippen LogP contribution < -0.4 is 15.4 Å². The summed E-state index contributed by atoms with van der Waals surface area (Å²) in [5.41, 5.74) is 1.65. The van der Waals surface area contributed by atoms with E-state index in [1.165, 1.54) is 19.3 Å². The summed E-state index contributed by atoms with van der Waals surface area (Å²) in [5, 5.41) is 5.97. The van der Waals surface area contributed by atoms with Crippen molar-refractivity contribution in [1.82, 2.24) is 10.6 Å². The standard InChI is InChI=1S/C25H33N3O3/c1-26-23(29)19-2-6-21(7-3-19)31-22-8-4-20(5-9-22)27-24(30)28-25-13-16-10-17(14-25)12-18(11-16)15-25/h2-3,6-7,16-18,22H,4-5,8-15H2,1H3,(H,26,29)(H,28,30). The minimum atomic E-state index is -0.124. The van der Waals surface area contributed by atoms with E-state index in [9.17, 15) is 9.59 Å². The van der Waals surface area contributed by atoms with Gasteiger partial charge in [0, 0.05) is 23.9 Å². The van der Waals surface area contributed by atoms with E-state index in [4.69, 9.17) is 4.74 Å². The van der Waals surface area contributed by atoms with Crippen LogP contribution in [0.1, 0.15) is 74.6 Å². The van der Waals surface area contributed by atoms with Crippen LogP contribution in [-0.4, -0.2) is 36.3 Å². The van der Waals surface area contributed by atoms with Gasteiger partial charge in [0.25, 0.3) is 5.91 Å². The van der Waals surface area contributed by atoms with Crippen LogP contribution in [-0.2, 0) is 0 Å². The first-order valence-electron chi connectivity index (χ1n) is 11.9. The maximum absolute atomic E-state index is 12.7. The molecule has 0 atom stereocenters. The van der Waals surface area contributed by atoms with Gasteiger partial charge in [0.05, 0.1) is 6.10 Å². The Labute approximate surface area is 184 Å². The molecule has 0 radical (unpaired) electrons. The number of amides is 3. The predicted octanol–water partition coefficient (Wildman–Crippen LogP) is 4.49. The summed E-state index contributed by atoms with van der Waals surface area (Å²) in [5.74, 6) is 3.13. The second-order valence-electron chi connectivity index (χ2n) is 10.2. The lowest BCUT2D eigenvalue weighted by atomic mass is 9.53. The van der Waals surface area contributed by atoms with Gasteiger partial charge in [-0.25, -0.2) is 9.79 Å². The number of ether oxygens (including phenoxy) is 1. The van der Waals surface area contributed by atoms with Crippen molar-refractivity contribution >= 4 is 17.6 Å². The summed E-state index contributed by atoms with van der Waals surface area (Å²) in [6.07, 6.45) is 11.0. The van der Waals surface area contributed by atoms with Crippen molar-refractivity contribution in [2.75, 3.05) is 7.05 Å². The molecule has 0 spiro atoms. The molecule has 5 aliphatic carbocycles. The molecule has 0 unspecified atom stereocenters. The molecule has 2 N–H and O–H groups in total. The Hall–Kier alpha value is -2.37. The molecule has 5 saturated carbocycles. The summed E-state index contributed by atoms with van der Waals surface area (Å²) in [4.78, 5) is 28.8. The van der Waals surface area contributed by atoms with Crippen LogP contribution in [0, 0.1) is 17.8 Å². The third-order valence-electron chi connectivity index (χ3n) is 7.83. The van der Waals surface area contributed by atoms with Crippen LogP contribution in [0.15, 0.2) is 29.3 Å². The minimum absolute atomic E-state index is 0.0248. The lowest BCUT2D eigenvalue weighted by Gasteiger charge is -2.56. The van der Waals surface area contributed by atoms with Crippen molar-refractivity contribution in [3.8, 4) is 5.75 Å². The summed E-state index contributed by atoms with van der Waals surface area (Å²) >= 11 is 0. The number of nitrogens with one attached hydrogen (secondary N) is 2. The quantitative estimate of drug-likeness (QED) is 0.749. The number of hydrogen-bond donors (Lipinski definition) is 2. The number of carbonyl (C=O) groups is 2. The van der Waals surface area contributed by atoms with E-state index < -0.39 is 0 Å². The molecular weight excluding hydrogens is 390 g/mol. The molecule has 1 aromatic carbocycles. The summed E-state index contributed by atoms with van der Waals surface area (Å²) < 4.78 is 6.08. The molecule has 4 bridgehead atoms. The summed E-state index contributed by atoms with van der Waals surface area (Å²) in [6, 6.07) is 7.11. The molecule has 5 aliphatic rings. The Balaban J connectivity index is 1.12. The molecule has 6 rings (SSSR count). The van der Waals surface area contributed by atoms with Crippen molar-refractivity contribution in [2.24, 2.45) is 22.7 Å². The first kappa shape index (κ1) is 20.5. The number of benzene rings is 1. The number of carbonyl (C=O) groups excluding carboxylic acids is 2. The molecule has 0 heterocycles. The van der Waals surface area contributed by atoms with E-state index >= 15 is 0 Å². The largest absolute Gasteiger partial charge is 0.490 e. The smallest absolute Gasteiger partial charge is 0.341 e. The maximum Gasteiger partial charge on any atom is 0.341 e. The molecule has 1 aromatic rings. The molecule has 0 aliphatic heterocycles. The number of urea groups is 1. The monoisotopic (exact) mass is 423 g/mol. The summed E-state index contributed by atoms with van der Waals surface area (Å²) in [6.45, 7) is 0.